The predicted octanol–water partition coefficient (Wildman–Crippen LogP) is 3.73. The molecule has 2 heterocycles. The molecule has 1 aliphatic heterocycles. The molecule has 0 saturated heterocycles. The van der Waals surface area contributed by atoms with Crippen LogP contribution in [-0.4, -0.2) is 29.2 Å². The fourth-order valence-electron chi connectivity index (χ4n) is 2.64. The van der Waals surface area contributed by atoms with E-state index in [0.29, 0.717) is 17.2 Å². The summed E-state index contributed by atoms with van der Waals surface area (Å²) in [5, 5.41) is 6.37. The third-order valence-corrected chi connectivity index (χ3v) is 4.11. The molecule has 7 heteroatoms. The van der Waals surface area contributed by atoms with Gasteiger partial charge in [0, 0.05) is 17.5 Å². The maximum absolute atomic E-state index is 12.5. The van der Waals surface area contributed by atoms with E-state index in [2.05, 4.69) is 5.10 Å². The highest BCUT2D eigenvalue weighted by molar-refractivity contribution is 6.30. The van der Waals surface area contributed by atoms with Gasteiger partial charge in [-0.15, -0.1) is 0 Å². The van der Waals surface area contributed by atoms with Gasteiger partial charge >= 0.3 is 5.97 Å². The maximum atomic E-state index is 12.5. The van der Waals surface area contributed by atoms with E-state index in [0.717, 1.165) is 11.3 Å². The first-order chi connectivity index (χ1) is 12.6. The van der Waals surface area contributed by atoms with Crippen LogP contribution >= 0.6 is 11.6 Å². The first-order valence-electron chi connectivity index (χ1n) is 8.07. The Labute approximate surface area is 155 Å². The predicted molar refractivity (Wildman–Crippen MR) is 96.7 cm³/mol. The van der Waals surface area contributed by atoms with Crippen LogP contribution in [0, 0.1) is 0 Å². The van der Waals surface area contributed by atoms with E-state index >= 15 is 0 Å². The Morgan fingerprint density at radius 1 is 1.35 bits per heavy atom. The van der Waals surface area contributed by atoms with Crippen LogP contribution in [0.25, 0.3) is 0 Å². The lowest BCUT2D eigenvalue weighted by atomic mass is 10.0. The molecule has 0 radical (unpaired) electrons. The van der Waals surface area contributed by atoms with Crippen molar-refractivity contribution in [2.45, 2.75) is 19.4 Å². The molecule has 6 nitrogen and oxygen atoms in total. The summed E-state index contributed by atoms with van der Waals surface area (Å²) < 4.78 is 10.4. The molecular weight excluding hydrogens is 356 g/mol. The molecule has 0 saturated carbocycles. The zero-order chi connectivity index (χ0) is 18.5. The van der Waals surface area contributed by atoms with E-state index in [1.165, 1.54) is 11.1 Å². The second kappa shape index (κ2) is 8.01. The Balaban J connectivity index is 1.81. The fraction of sp³-hybridized carbons (Fsp3) is 0.211. The third kappa shape index (κ3) is 4.03. The molecule has 26 heavy (non-hydrogen) atoms. The standard InChI is InChI=1S/C19H17ClN2O4/c1-2-4-19(24)26-12-18(23)22-16(17-5-3-10-25-17)11-15(21-22)13-6-8-14(20)9-7-13/h2-10,16H,11-12H2,1H3/b4-2+. The van der Waals surface area contributed by atoms with Crippen molar-refractivity contribution in [3.05, 3.63) is 71.2 Å². The van der Waals surface area contributed by atoms with Crippen molar-refractivity contribution in [2.75, 3.05) is 6.61 Å². The number of furan rings is 1. The summed E-state index contributed by atoms with van der Waals surface area (Å²) in [6.07, 6.45) is 4.84. The van der Waals surface area contributed by atoms with Crippen molar-refractivity contribution in [1.82, 2.24) is 5.01 Å². The monoisotopic (exact) mass is 372 g/mol. The first kappa shape index (κ1) is 17.9. The molecule has 0 fully saturated rings. The highest BCUT2D eigenvalue weighted by Crippen LogP contribution is 2.33. The summed E-state index contributed by atoms with van der Waals surface area (Å²) >= 11 is 5.93. The third-order valence-electron chi connectivity index (χ3n) is 3.86. The number of ether oxygens (including phenoxy) is 1. The summed E-state index contributed by atoms with van der Waals surface area (Å²) in [6, 6.07) is 10.4. The van der Waals surface area contributed by atoms with E-state index in [9.17, 15) is 9.59 Å². The molecule has 1 aromatic carbocycles. The minimum absolute atomic E-state index is 0.386. The van der Waals surface area contributed by atoms with Crippen LogP contribution in [0.1, 0.15) is 30.7 Å². The lowest BCUT2D eigenvalue weighted by Crippen LogP contribution is -2.31. The number of amides is 1. The highest BCUT2D eigenvalue weighted by atomic mass is 35.5. The number of halogens is 1. The summed E-state index contributed by atoms with van der Waals surface area (Å²) in [5.41, 5.74) is 1.60. The Bertz CT molecular complexity index is 841. The molecule has 0 N–H and O–H groups in total. The molecule has 3 rings (SSSR count). The lowest BCUT2D eigenvalue weighted by Gasteiger charge is -2.19. The van der Waals surface area contributed by atoms with Gasteiger partial charge in [-0.25, -0.2) is 9.80 Å². The van der Waals surface area contributed by atoms with E-state index in [1.54, 1.807) is 43.5 Å². The number of hydrogen-bond donors (Lipinski definition) is 0. The number of rotatable bonds is 5. The van der Waals surface area contributed by atoms with Crippen molar-refractivity contribution < 1.29 is 18.7 Å². The molecule has 1 aliphatic rings. The molecule has 0 bridgehead atoms. The van der Waals surface area contributed by atoms with Crippen LogP contribution in [0.3, 0.4) is 0 Å². The average Bonchev–Trinajstić information content (AvgIpc) is 3.30. The molecule has 0 spiro atoms. The molecule has 1 amide bonds. The van der Waals surface area contributed by atoms with Crippen molar-refractivity contribution in [3.8, 4) is 0 Å². The largest absolute Gasteiger partial charge is 0.467 e. The number of hydrogen-bond acceptors (Lipinski definition) is 5. The summed E-state index contributed by atoms with van der Waals surface area (Å²) in [5.74, 6) is -0.379. The summed E-state index contributed by atoms with van der Waals surface area (Å²) in [6.45, 7) is 1.30. The Hall–Kier alpha value is -2.86. The van der Waals surface area contributed by atoms with Crippen molar-refractivity contribution in [1.29, 1.82) is 0 Å². The van der Waals surface area contributed by atoms with Gasteiger partial charge in [-0.05, 0) is 36.8 Å². The topological polar surface area (TPSA) is 72.1 Å². The van der Waals surface area contributed by atoms with Gasteiger partial charge in [0.2, 0.25) is 0 Å². The van der Waals surface area contributed by atoms with Gasteiger partial charge in [0.25, 0.3) is 5.91 Å². The Morgan fingerprint density at radius 3 is 2.77 bits per heavy atom. The number of carbonyl (C=O) groups is 2. The Kier molecular flexibility index (Phi) is 5.53. The minimum Gasteiger partial charge on any atom is -0.467 e. The number of benzene rings is 1. The van der Waals surface area contributed by atoms with E-state index in [4.69, 9.17) is 20.8 Å². The normalized spacial score (nSPS) is 16.8. The van der Waals surface area contributed by atoms with E-state index < -0.39 is 18.5 Å². The molecule has 1 aromatic heterocycles. The van der Waals surface area contributed by atoms with Crippen LogP contribution in [0.5, 0.6) is 0 Å². The van der Waals surface area contributed by atoms with E-state index in [1.807, 2.05) is 12.1 Å². The minimum atomic E-state index is -0.573. The van der Waals surface area contributed by atoms with Gasteiger partial charge in [-0.1, -0.05) is 29.8 Å². The van der Waals surface area contributed by atoms with Crippen LogP contribution in [0.4, 0.5) is 0 Å². The molecular formula is C19H17ClN2O4. The smallest absolute Gasteiger partial charge is 0.330 e. The second-order valence-corrected chi connectivity index (χ2v) is 6.07. The lowest BCUT2D eigenvalue weighted by molar-refractivity contribution is -0.149. The average molecular weight is 373 g/mol. The van der Waals surface area contributed by atoms with Gasteiger partial charge in [0.05, 0.1) is 12.0 Å². The van der Waals surface area contributed by atoms with Gasteiger partial charge in [-0.3, -0.25) is 4.79 Å². The molecule has 1 unspecified atom stereocenters. The van der Waals surface area contributed by atoms with Gasteiger partial charge in [0.15, 0.2) is 6.61 Å². The van der Waals surface area contributed by atoms with Crippen LogP contribution in [0.15, 0.2) is 64.3 Å². The quantitative estimate of drug-likeness (QED) is 0.592. The van der Waals surface area contributed by atoms with Crippen LogP contribution < -0.4 is 0 Å². The van der Waals surface area contributed by atoms with Gasteiger partial charge in [-0.2, -0.15) is 5.10 Å². The maximum Gasteiger partial charge on any atom is 0.330 e. The number of allylic oxidation sites excluding steroid dienone is 1. The molecule has 134 valence electrons. The molecule has 1 atom stereocenters. The van der Waals surface area contributed by atoms with Crippen LogP contribution in [0.2, 0.25) is 5.02 Å². The number of carbonyl (C=O) groups excluding carboxylic acids is 2. The summed E-state index contributed by atoms with van der Waals surface area (Å²) in [7, 11) is 0. The Morgan fingerprint density at radius 2 is 2.12 bits per heavy atom. The fourth-order valence-corrected chi connectivity index (χ4v) is 2.77. The van der Waals surface area contributed by atoms with Crippen molar-refractivity contribution in [2.24, 2.45) is 5.10 Å². The number of hydrazone groups is 1. The van der Waals surface area contributed by atoms with Gasteiger partial charge < -0.3 is 9.15 Å². The zero-order valence-electron chi connectivity index (χ0n) is 14.1. The molecule has 0 aliphatic carbocycles. The second-order valence-electron chi connectivity index (χ2n) is 5.63. The van der Waals surface area contributed by atoms with E-state index in [-0.39, 0.29) is 6.04 Å². The summed E-state index contributed by atoms with van der Waals surface area (Å²) in [4.78, 5) is 24.0. The number of esters is 1. The first-order valence-corrected chi connectivity index (χ1v) is 8.44. The van der Waals surface area contributed by atoms with Crippen molar-refractivity contribution in [3.63, 3.8) is 0 Å². The molecule has 2 aromatic rings. The van der Waals surface area contributed by atoms with Gasteiger partial charge in [0.1, 0.15) is 11.8 Å². The highest BCUT2D eigenvalue weighted by Gasteiger charge is 2.35. The van der Waals surface area contributed by atoms with Crippen LogP contribution in [-0.2, 0) is 14.3 Å². The number of nitrogens with zero attached hydrogens (tertiary/aromatic N) is 2. The van der Waals surface area contributed by atoms with Crippen molar-refractivity contribution >= 4 is 29.2 Å². The SMILES string of the molecule is C/C=C/C(=O)OCC(=O)N1N=C(c2ccc(Cl)cc2)CC1c1ccco1. The zero-order valence-corrected chi connectivity index (χ0v) is 14.8.